The highest BCUT2D eigenvalue weighted by atomic mass is 35.5. The number of aromatic nitrogens is 2. The highest BCUT2D eigenvalue weighted by molar-refractivity contribution is 6.29. The minimum absolute atomic E-state index is 0.0906. The molecule has 0 aliphatic carbocycles. The smallest absolute Gasteiger partial charge is 0.356 e. The number of aromatic carboxylic acids is 1. The normalized spacial score (nSPS) is 12.2. The van der Waals surface area contributed by atoms with Gasteiger partial charge in [-0.25, -0.2) is 9.78 Å². The Morgan fingerprint density at radius 3 is 2.64 bits per heavy atom. The summed E-state index contributed by atoms with van der Waals surface area (Å²) in [6.45, 7) is 5.58. The molecule has 0 bridgehead atoms. The van der Waals surface area contributed by atoms with Gasteiger partial charge in [-0.1, -0.05) is 35.9 Å². The molecule has 5 rings (SSSR count). The fourth-order valence-corrected chi connectivity index (χ4v) is 4.84. The highest BCUT2D eigenvalue weighted by Gasteiger charge is 2.22. The third kappa shape index (κ3) is 3.91. The molecule has 1 atom stereocenters. The molecule has 2 N–H and O–H groups in total. The first-order valence-electron chi connectivity index (χ1n) is 11.4. The molecular weight excluding hydrogens is 478 g/mol. The minimum atomic E-state index is -1.19. The molecule has 3 heterocycles. The van der Waals surface area contributed by atoms with Gasteiger partial charge in [0.1, 0.15) is 16.5 Å². The van der Waals surface area contributed by atoms with Gasteiger partial charge >= 0.3 is 5.97 Å². The largest absolute Gasteiger partial charge is 0.476 e. The molecule has 0 fully saturated rings. The maximum atomic E-state index is 13.5. The van der Waals surface area contributed by atoms with Gasteiger partial charge in [-0.05, 0) is 50.6 Å². The zero-order valence-electron chi connectivity index (χ0n) is 20.2. The molecule has 182 valence electrons. The summed E-state index contributed by atoms with van der Waals surface area (Å²) >= 11 is 5.91. The predicted octanol–water partition coefficient (Wildman–Crippen LogP) is 6.49. The monoisotopic (exact) mass is 501 g/mol. The molecule has 8 heteroatoms. The van der Waals surface area contributed by atoms with Crippen molar-refractivity contribution in [2.75, 3.05) is 5.32 Å². The maximum Gasteiger partial charge on any atom is 0.356 e. The number of hydrogen-bond acceptors (Lipinski definition) is 5. The molecule has 0 aliphatic rings. The Hall–Kier alpha value is -4.10. The number of nitrogens with zero attached hydrogens (tertiary/aromatic N) is 2. The van der Waals surface area contributed by atoms with Crippen LogP contribution < -0.4 is 10.7 Å². The quantitative estimate of drug-likeness (QED) is 0.267. The zero-order chi connectivity index (χ0) is 25.7. The van der Waals surface area contributed by atoms with Crippen molar-refractivity contribution in [3.05, 3.63) is 92.5 Å². The van der Waals surface area contributed by atoms with Gasteiger partial charge in [0, 0.05) is 40.8 Å². The van der Waals surface area contributed by atoms with Crippen LogP contribution >= 0.6 is 11.6 Å². The van der Waals surface area contributed by atoms with Crippen LogP contribution in [0.5, 0.6) is 0 Å². The van der Waals surface area contributed by atoms with E-state index in [-0.39, 0.29) is 16.3 Å². The second-order valence-electron chi connectivity index (χ2n) is 8.99. The third-order valence-electron chi connectivity index (χ3n) is 6.44. The first-order chi connectivity index (χ1) is 17.2. The number of carbonyl (C=O) groups is 1. The van der Waals surface area contributed by atoms with E-state index in [1.807, 2.05) is 68.1 Å². The molecule has 0 radical (unpaired) electrons. The molecule has 2 aromatic carbocycles. The Balaban J connectivity index is 1.71. The van der Waals surface area contributed by atoms with Crippen molar-refractivity contribution in [3.8, 4) is 11.3 Å². The van der Waals surface area contributed by atoms with Crippen molar-refractivity contribution in [1.82, 2.24) is 9.55 Å². The lowest BCUT2D eigenvalue weighted by molar-refractivity contribution is 0.0691. The van der Waals surface area contributed by atoms with Gasteiger partial charge in [-0.3, -0.25) is 4.79 Å². The maximum absolute atomic E-state index is 13.5. The summed E-state index contributed by atoms with van der Waals surface area (Å²) in [5, 5.41) is 14.4. The minimum Gasteiger partial charge on any atom is -0.476 e. The first-order valence-corrected chi connectivity index (χ1v) is 11.8. The molecule has 0 amide bonds. The van der Waals surface area contributed by atoms with Crippen molar-refractivity contribution in [2.24, 2.45) is 7.05 Å². The molecule has 36 heavy (non-hydrogen) atoms. The van der Waals surface area contributed by atoms with E-state index in [0.29, 0.717) is 28.0 Å². The lowest BCUT2D eigenvalue weighted by Gasteiger charge is -2.19. The molecule has 0 aliphatic heterocycles. The van der Waals surface area contributed by atoms with E-state index >= 15 is 0 Å². The molecule has 0 saturated carbocycles. The van der Waals surface area contributed by atoms with E-state index in [9.17, 15) is 14.7 Å². The topological polar surface area (TPSA) is 97.4 Å². The fourth-order valence-electron chi connectivity index (χ4n) is 4.69. The number of halogens is 1. The van der Waals surface area contributed by atoms with Gasteiger partial charge < -0.3 is 19.4 Å². The highest BCUT2D eigenvalue weighted by Crippen LogP contribution is 2.36. The molecule has 5 aromatic rings. The van der Waals surface area contributed by atoms with Crippen LogP contribution in [-0.2, 0) is 7.05 Å². The Bertz CT molecular complexity index is 1740. The molecule has 0 spiro atoms. The lowest BCUT2D eigenvalue weighted by atomic mass is 9.98. The van der Waals surface area contributed by atoms with Crippen LogP contribution in [0.2, 0.25) is 5.15 Å². The summed E-state index contributed by atoms with van der Waals surface area (Å²) < 4.78 is 8.53. The van der Waals surface area contributed by atoms with Crippen LogP contribution in [0.4, 0.5) is 5.69 Å². The van der Waals surface area contributed by atoms with E-state index in [4.69, 9.17) is 16.0 Å². The van der Waals surface area contributed by atoms with Crippen LogP contribution in [0.25, 0.3) is 33.2 Å². The van der Waals surface area contributed by atoms with Crippen molar-refractivity contribution in [1.29, 1.82) is 0 Å². The molecular formula is C28H24ClN3O4. The van der Waals surface area contributed by atoms with Gasteiger partial charge in [-0.15, -0.1) is 0 Å². The number of carboxylic acids is 1. The fraction of sp³-hybridized carbons (Fsp3) is 0.179. The van der Waals surface area contributed by atoms with Crippen molar-refractivity contribution in [3.63, 3.8) is 0 Å². The Labute approximate surface area is 212 Å². The number of carboxylic acid groups (broad SMARTS) is 1. The van der Waals surface area contributed by atoms with Gasteiger partial charge in [0.2, 0.25) is 0 Å². The second kappa shape index (κ2) is 8.84. The van der Waals surface area contributed by atoms with Crippen molar-refractivity contribution < 1.29 is 14.3 Å². The molecule has 0 saturated heterocycles. The first kappa shape index (κ1) is 23.6. The van der Waals surface area contributed by atoms with Crippen LogP contribution in [0.15, 0.2) is 63.9 Å². The van der Waals surface area contributed by atoms with E-state index in [2.05, 4.69) is 10.3 Å². The van der Waals surface area contributed by atoms with Crippen LogP contribution in [0.1, 0.15) is 40.1 Å². The number of benzene rings is 2. The number of para-hydroxylation sites is 1. The van der Waals surface area contributed by atoms with Crippen LogP contribution in [0.3, 0.4) is 0 Å². The number of pyridine rings is 1. The Morgan fingerprint density at radius 2 is 1.89 bits per heavy atom. The Morgan fingerprint density at radius 1 is 1.14 bits per heavy atom. The average molecular weight is 502 g/mol. The van der Waals surface area contributed by atoms with Gasteiger partial charge in [0.05, 0.1) is 17.1 Å². The summed E-state index contributed by atoms with van der Waals surface area (Å²) in [4.78, 5) is 29.2. The van der Waals surface area contributed by atoms with E-state index in [1.54, 1.807) is 13.0 Å². The summed E-state index contributed by atoms with van der Waals surface area (Å²) in [5.41, 5.74) is 4.52. The molecule has 7 nitrogen and oxygen atoms in total. The number of fused-ring (bicyclic) bond motifs is 2. The predicted molar refractivity (Wildman–Crippen MR) is 142 cm³/mol. The standard InChI is InChI=1S/C28H24ClN3O4/c1-14-11-18(16(3)30-21-9-10-23(29)31-24(21)28(34)35)27-19(12-14)25(33)15(2)26(36-27)20-13-32(4)22-8-6-5-7-17(20)22/h5-13,16,30H,1-4H3,(H,34,35). The number of hydrogen-bond donors (Lipinski definition) is 2. The lowest BCUT2D eigenvalue weighted by Crippen LogP contribution is -2.14. The molecule has 1 unspecified atom stereocenters. The van der Waals surface area contributed by atoms with Gasteiger partial charge in [0.25, 0.3) is 0 Å². The average Bonchev–Trinajstić information content (AvgIpc) is 3.18. The van der Waals surface area contributed by atoms with Gasteiger partial charge in [-0.2, -0.15) is 0 Å². The van der Waals surface area contributed by atoms with Gasteiger partial charge in [0.15, 0.2) is 11.1 Å². The summed E-state index contributed by atoms with van der Waals surface area (Å²) in [7, 11) is 1.96. The van der Waals surface area contributed by atoms with Crippen molar-refractivity contribution >= 4 is 45.1 Å². The second-order valence-corrected chi connectivity index (χ2v) is 9.38. The molecule has 3 aromatic heterocycles. The summed E-state index contributed by atoms with van der Waals surface area (Å²) in [6, 6.07) is 14.4. The third-order valence-corrected chi connectivity index (χ3v) is 6.65. The van der Waals surface area contributed by atoms with Crippen LogP contribution in [-0.4, -0.2) is 20.6 Å². The Kier molecular flexibility index (Phi) is 5.80. The van der Waals surface area contributed by atoms with E-state index in [0.717, 1.165) is 27.6 Å². The number of anilines is 1. The van der Waals surface area contributed by atoms with E-state index in [1.165, 1.54) is 6.07 Å². The zero-order valence-corrected chi connectivity index (χ0v) is 21.0. The summed E-state index contributed by atoms with van der Waals surface area (Å²) in [6.07, 6.45) is 1.97. The van der Waals surface area contributed by atoms with E-state index < -0.39 is 12.0 Å². The number of nitrogens with one attached hydrogen (secondary N) is 1. The SMILES string of the molecule is Cc1cc(C(C)Nc2ccc(Cl)nc2C(=O)O)c2oc(-c3cn(C)c4ccccc34)c(C)c(=O)c2c1. The van der Waals surface area contributed by atoms with Crippen molar-refractivity contribution in [2.45, 2.75) is 26.8 Å². The number of rotatable bonds is 5. The van der Waals surface area contributed by atoms with Crippen LogP contribution in [0, 0.1) is 13.8 Å². The number of aryl methyl sites for hydroxylation is 2. The summed E-state index contributed by atoms with van der Waals surface area (Å²) in [5.74, 6) is -0.678.